The molecule has 0 amide bonds. The van der Waals surface area contributed by atoms with Crippen LogP contribution in [-0.2, 0) is 0 Å². The summed E-state index contributed by atoms with van der Waals surface area (Å²) in [5, 5.41) is 16.2. The number of benzene rings is 1. The average Bonchev–Trinajstić information content (AvgIpc) is 2.96. The van der Waals surface area contributed by atoms with Crippen molar-refractivity contribution in [1.82, 2.24) is 20.2 Å². The first-order valence-electron chi connectivity index (χ1n) is 6.16. The SMILES string of the molecule is CSc1cc(OCC#N)ccc1-c1nc2cnncc2[nH]1. The van der Waals surface area contributed by atoms with Crippen LogP contribution in [0.15, 0.2) is 35.5 Å². The van der Waals surface area contributed by atoms with E-state index in [1.54, 1.807) is 24.2 Å². The number of imidazole rings is 1. The Kier molecular flexibility index (Phi) is 3.71. The number of thioether (sulfide) groups is 1. The van der Waals surface area contributed by atoms with Gasteiger partial charge in [0.2, 0.25) is 0 Å². The van der Waals surface area contributed by atoms with E-state index in [4.69, 9.17) is 10.00 Å². The quantitative estimate of drug-likeness (QED) is 0.745. The van der Waals surface area contributed by atoms with Crippen LogP contribution in [0.25, 0.3) is 22.4 Å². The molecule has 104 valence electrons. The zero-order valence-electron chi connectivity index (χ0n) is 11.2. The van der Waals surface area contributed by atoms with Gasteiger partial charge in [-0.05, 0) is 24.5 Å². The Balaban J connectivity index is 2.03. The molecule has 2 heterocycles. The fourth-order valence-corrected chi connectivity index (χ4v) is 2.59. The lowest BCUT2D eigenvalue weighted by atomic mass is 10.2. The number of hydrogen-bond donors (Lipinski definition) is 1. The Morgan fingerprint density at radius 1 is 1.33 bits per heavy atom. The molecule has 0 unspecified atom stereocenters. The van der Waals surface area contributed by atoms with Gasteiger partial charge in [0.05, 0.1) is 17.9 Å². The van der Waals surface area contributed by atoms with Gasteiger partial charge >= 0.3 is 0 Å². The maximum Gasteiger partial charge on any atom is 0.174 e. The van der Waals surface area contributed by atoms with Crippen molar-refractivity contribution in [1.29, 1.82) is 5.26 Å². The molecule has 0 saturated carbocycles. The van der Waals surface area contributed by atoms with Crippen LogP contribution in [0.5, 0.6) is 5.75 Å². The van der Waals surface area contributed by atoms with Gasteiger partial charge in [0.25, 0.3) is 0 Å². The van der Waals surface area contributed by atoms with Gasteiger partial charge in [-0.1, -0.05) is 0 Å². The predicted octanol–water partition coefficient (Wildman–Crippen LogP) is 2.64. The maximum atomic E-state index is 8.56. The molecule has 0 aliphatic heterocycles. The number of nitriles is 1. The van der Waals surface area contributed by atoms with Crippen LogP contribution < -0.4 is 4.74 Å². The Labute approximate surface area is 125 Å². The number of hydrogen-bond acceptors (Lipinski definition) is 6. The summed E-state index contributed by atoms with van der Waals surface area (Å²) in [6.07, 6.45) is 5.26. The summed E-state index contributed by atoms with van der Waals surface area (Å²) in [6, 6.07) is 7.62. The summed E-state index contributed by atoms with van der Waals surface area (Å²) in [7, 11) is 0. The first-order valence-corrected chi connectivity index (χ1v) is 7.39. The summed E-state index contributed by atoms with van der Waals surface area (Å²) >= 11 is 1.59. The Morgan fingerprint density at radius 2 is 2.19 bits per heavy atom. The largest absolute Gasteiger partial charge is 0.479 e. The number of fused-ring (bicyclic) bond motifs is 1. The van der Waals surface area contributed by atoms with E-state index in [2.05, 4.69) is 20.2 Å². The Morgan fingerprint density at radius 3 is 2.95 bits per heavy atom. The number of nitrogens with zero attached hydrogens (tertiary/aromatic N) is 4. The topological polar surface area (TPSA) is 87.5 Å². The van der Waals surface area contributed by atoms with Crippen molar-refractivity contribution < 1.29 is 4.74 Å². The highest BCUT2D eigenvalue weighted by atomic mass is 32.2. The van der Waals surface area contributed by atoms with Gasteiger partial charge in [0, 0.05) is 10.5 Å². The summed E-state index contributed by atoms with van der Waals surface area (Å²) in [5.74, 6) is 1.43. The zero-order chi connectivity index (χ0) is 14.7. The molecule has 0 fully saturated rings. The smallest absolute Gasteiger partial charge is 0.174 e. The number of H-pyrrole nitrogens is 1. The third kappa shape index (κ3) is 2.66. The molecule has 1 aromatic carbocycles. The van der Waals surface area contributed by atoms with Crippen LogP contribution in [0.1, 0.15) is 0 Å². The average molecular weight is 297 g/mol. The third-order valence-corrected chi connectivity index (χ3v) is 3.70. The molecule has 2 aromatic heterocycles. The number of ether oxygens (including phenoxy) is 1. The molecule has 6 nitrogen and oxygen atoms in total. The summed E-state index contributed by atoms with van der Waals surface area (Å²) < 4.78 is 5.32. The minimum atomic E-state index is 0.0368. The fourth-order valence-electron chi connectivity index (χ4n) is 1.98. The highest BCUT2D eigenvalue weighted by Crippen LogP contribution is 2.32. The highest BCUT2D eigenvalue weighted by Gasteiger charge is 2.11. The minimum Gasteiger partial charge on any atom is -0.479 e. The Hall–Kier alpha value is -2.59. The first-order chi connectivity index (χ1) is 10.3. The summed E-state index contributed by atoms with van der Waals surface area (Å²) in [4.78, 5) is 8.77. The van der Waals surface area contributed by atoms with Crippen molar-refractivity contribution >= 4 is 22.8 Å². The van der Waals surface area contributed by atoms with E-state index in [-0.39, 0.29) is 6.61 Å². The van der Waals surface area contributed by atoms with Gasteiger partial charge in [-0.15, -0.1) is 11.8 Å². The molecular weight excluding hydrogens is 286 g/mol. The van der Waals surface area contributed by atoms with E-state index in [0.29, 0.717) is 5.75 Å². The molecule has 0 aliphatic rings. The highest BCUT2D eigenvalue weighted by molar-refractivity contribution is 7.98. The first kappa shape index (κ1) is 13.4. The third-order valence-electron chi connectivity index (χ3n) is 2.93. The van der Waals surface area contributed by atoms with Crippen LogP contribution in [0.2, 0.25) is 0 Å². The van der Waals surface area contributed by atoms with E-state index in [1.165, 1.54) is 0 Å². The van der Waals surface area contributed by atoms with Crippen LogP contribution in [0.4, 0.5) is 0 Å². The van der Waals surface area contributed by atoms with Crippen LogP contribution >= 0.6 is 11.8 Å². The zero-order valence-corrected chi connectivity index (χ0v) is 12.0. The minimum absolute atomic E-state index is 0.0368. The van der Waals surface area contributed by atoms with Gasteiger partial charge in [-0.3, -0.25) is 0 Å². The molecule has 0 spiro atoms. The van der Waals surface area contributed by atoms with Crippen LogP contribution in [-0.4, -0.2) is 33.0 Å². The molecule has 0 atom stereocenters. The maximum absolute atomic E-state index is 8.56. The van der Waals surface area contributed by atoms with Crippen molar-refractivity contribution in [2.45, 2.75) is 4.90 Å². The predicted molar refractivity (Wildman–Crippen MR) is 80.0 cm³/mol. The molecule has 3 aromatic rings. The van der Waals surface area contributed by atoms with Gasteiger partial charge in [-0.25, -0.2) is 4.98 Å². The second kappa shape index (κ2) is 5.81. The lowest BCUT2D eigenvalue weighted by Gasteiger charge is -2.08. The number of aromatic nitrogens is 4. The fraction of sp³-hybridized carbons (Fsp3) is 0.143. The second-order valence-electron chi connectivity index (χ2n) is 4.18. The molecule has 21 heavy (non-hydrogen) atoms. The van der Waals surface area contributed by atoms with E-state index in [1.807, 2.05) is 30.5 Å². The number of nitrogens with one attached hydrogen (secondary N) is 1. The number of rotatable bonds is 4. The molecule has 1 N–H and O–H groups in total. The lowest BCUT2D eigenvalue weighted by molar-refractivity contribution is 0.367. The van der Waals surface area contributed by atoms with E-state index >= 15 is 0 Å². The van der Waals surface area contributed by atoms with Gasteiger partial charge < -0.3 is 9.72 Å². The molecule has 7 heteroatoms. The van der Waals surface area contributed by atoms with E-state index in [9.17, 15) is 0 Å². The standard InChI is InChI=1S/C14H11N5OS/c1-21-13-6-9(20-5-4-15)2-3-10(13)14-18-11-7-16-17-8-12(11)19-14/h2-3,6-8H,5H2,1H3,(H,18,19). The molecule has 3 rings (SSSR count). The van der Waals surface area contributed by atoms with Crippen molar-refractivity contribution in [2.75, 3.05) is 12.9 Å². The molecule has 0 bridgehead atoms. The summed E-state index contributed by atoms with van der Waals surface area (Å²) in [5.41, 5.74) is 2.59. The molecule has 0 radical (unpaired) electrons. The van der Waals surface area contributed by atoms with Gasteiger partial charge in [0.1, 0.15) is 23.2 Å². The molecule has 0 saturated heterocycles. The summed E-state index contributed by atoms with van der Waals surface area (Å²) in [6.45, 7) is 0.0368. The van der Waals surface area contributed by atoms with Gasteiger partial charge in [0.15, 0.2) is 6.61 Å². The van der Waals surface area contributed by atoms with Crippen LogP contribution in [0, 0.1) is 11.3 Å². The normalized spacial score (nSPS) is 10.5. The molecular formula is C14H11N5OS. The molecule has 0 aliphatic carbocycles. The van der Waals surface area contributed by atoms with Crippen molar-refractivity contribution in [3.05, 3.63) is 30.6 Å². The number of aromatic amines is 1. The van der Waals surface area contributed by atoms with Crippen molar-refractivity contribution in [2.24, 2.45) is 0 Å². The monoisotopic (exact) mass is 297 g/mol. The Bertz CT molecular complexity index is 791. The van der Waals surface area contributed by atoms with Crippen LogP contribution in [0.3, 0.4) is 0 Å². The lowest BCUT2D eigenvalue weighted by Crippen LogP contribution is -1.94. The van der Waals surface area contributed by atoms with Gasteiger partial charge in [-0.2, -0.15) is 15.5 Å². The van der Waals surface area contributed by atoms with E-state index < -0.39 is 0 Å². The van der Waals surface area contributed by atoms with E-state index in [0.717, 1.165) is 27.3 Å². The van der Waals surface area contributed by atoms with Crippen molar-refractivity contribution in [3.8, 4) is 23.2 Å². The van der Waals surface area contributed by atoms with Crippen molar-refractivity contribution in [3.63, 3.8) is 0 Å². The second-order valence-corrected chi connectivity index (χ2v) is 5.03.